The third-order valence-electron chi connectivity index (χ3n) is 3.10. The smallest absolute Gasteiger partial charge is 0.322 e. The van der Waals surface area contributed by atoms with E-state index in [0.29, 0.717) is 0 Å². The van der Waals surface area contributed by atoms with Crippen molar-refractivity contribution >= 4 is 23.7 Å². The van der Waals surface area contributed by atoms with Gasteiger partial charge in [0.1, 0.15) is 5.82 Å². The monoisotopic (exact) mass is 329 g/mol. The SMILES string of the molecule is CSc1ccc(-c2nnc(NC(=O)c3ccccc3F)o2)cc1. The highest BCUT2D eigenvalue weighted by molar-refractivity contribution is 7.98. The van der Waals surface area contributed by atoms with E-state index in [1.807, 2.05) is 30.5 Å². The molecule has 1 heterocycles. The van der Waals surface area contributed by atoms with Gasteiger partial charge >= 0.3 is 6.01 Å². The summed E-state index contributed by atoms with van der Waals surface area (Å²) in [5.74, 6) is -0.977. The van der Waals surface area contributed by atoms with Crippen molar-refractivity contribution in [2.24, 2.45) is 0 Å². The van der Waals surface area contributed by atoms with Crippen LogP contribution < -0.4 is 5.32 Å². The van der Waals surface area contributed by atoms with Crippen LogP contribution in [0.3, 0.4) is 0 Å². The minimum Gasteiger partial charge on any atom is -0.403 e. The average molecular weight is 329 g/mol. The third kappa shape index (κ3) is 3.40. The first-order valence-corrected chi connectivity index (χ1v) is 7.93. The van der Waals surface area contributed by atoms with E-state index in [-0.39, 0.29) is 17.5 Å². The molecule has 5 nitrogen and oxygen atoms in total. The van der Waals surface area contributed by atoms with E-state index in [1.54, 1.807) is 17.8 Å². The number of nitrogens with one attached hydrogen (secondary N) is 1. The summed E-state index contributed by atoms with van der Waals surface area (Å²) in [4.78, 5) is 13.1. The van der Waals surface area contributed by atoms with Crippen LogP contribution in [0.1, 0.15) is 10.4 Å². The van der Waals surface area contributed by atoms with Gasteiger partial charge in [-0.15, -0.1) is 16.9 Å². The fourth-order valence-electron chi connectivity index (χ4n) is 1.93. The lowest BCUT2D eigenvalue weighted by Crippen LogP contribution is -2.13. The number of amides is 1. The molecule has 0 saturated heterocycles. The van der Waals surface area contributed by atoms with Gasteiger partial charge < -0.3 is 4.42 Å². The second-order valence-electron chi connectivity index (χ2n) is 4.57. The number of hydrogen-bond acceptors (Lipinski definition) is 5. The Morgan fingerprint density at radius 1 is 1.13 bits per heavy atom. The lowest BCUT2D eigenvalue weighted by Gasteiger charge is -2.01. The van der Waals surface area contributed by atoms with Gasteiger partial charge in [0.05, 0.1) is 5.56 Å². The minimum atomic E-state index is -0.643. The zero-order chi connectivity index (χ0) is 16.2. The van der Waals surface area contributed by atoms with E-state index in [1.165, 1.54) is 18.2 Å². The molecule has 1 N–H and O–H groups in total. The summed E-state index contributed by atoms with van der Waals surface area (Å²) >= 11 is 1.63. The molecule has 0 radical (unpaired) electrons. The Bertz CT molecular complexity index is 833. The van der Waals surface area contributed by atoms with Crippen LogP contribution in [0.15, 0.2) is 57.8 Å². The van der Waals surface area contributed by atoms with E-state index in [2.05, 4.69) is 15.5 Å². The topological polar surface area (TPSA) is 68.0 Å². The summed E-state index contributed by atoms with van der Waals surface area (Å²) < 4.78 is 18.9. The van der Waals surface area contributed by atoms with Crippen molar-refractivity contribution in [3.05, 3.63) is 59.9 Å². The molecule has 0 saturated carbocycles. The molecule has 116 valence electrons. The van der Waals surface area contributed by atoms with Crippen molar-refractivity contribution in [2.45, 2.75) is 4.90 Å². The molecule has 1 aromatic heterocycles. The highest BCUT2D eigenvalue weighted by atomic mass is 32.2. The summed E-state index contributed by atoms with van der Waals surface area (Å²) in [6, 6.07) is 13.2. The Balaban J connectivity index is 1.76. The van der Waals surface area contributed by atoms with Crippen LogP contribution in [-0.2, 0) is 0 Å². The van der Waals surface area contributed by atoms with Crippen LogP contribution in [0.25, 0.3) is 11.5 Å². The summed E-state index contributed by atoms with van der Waals surface area (Å²) in [6.07, 6.45) is 1.98. The number of carbonyl (C=O) groups is 1. The van der Waals surface area contributed by atoms with E-state index in [4.69, 9.17) is 4.42 Å². The second-order valence-corrected chi connectivity index (χ2v) is 5.45. The van der Waals surface area contributed by atoms with Gasteiger partial charge in [0.15, 0.2) is 0 Å². The fraction of sp³-hybridized carbons (Fsp3) is 0.0625. The maximum Gasteiger partial charge on any atom is 0.322 e. The van der Waals surface area contributed by atoms with Crippen molar-refractivity contribution in [3.63, 3.8) is 0 Å². The number of halogens is 1. The molecule has 0 aliphatic carbocycles. The molecule has 2 aromatic carbocycles. The number of thioether (sulfide) groups is 1. The number of rotatable bonds is 4. The van der Waals surface area contributed by atoms with Crippen LogP contribution in [0.4, 0.5) is 10.4 Å². The number of anilines is 1. The first-order chi connectivity index (χ1) is 11.2. The lowest BCUT2D eigenvalue weighted by molar-refractivity contribution is 0.102. The highest BCUT2D eigenvalue weighted by Crippen LogP contribution is 2.23. The van der Waals surface area contributed by atoms with Gasteiger partial charge in [-0.3, -0.25) is 10.1 Å². The Morgan fingerprint density at radius 2 is 1.87 bits per heavy atom. The Kier molecular flexibility index (Phi) is 4.38. The van der Waals surface area contributed by atoms with Crippen LogP contribution in [0.2, 0.25) is 0 Å². The molecule has 1 amide bonds. The number of aromatic nitrogens is 2. The predicted molar refractivity (Wildman–Crippen MR) is 85.9 cm³/mol. The molecule has 0 fully saturated rings. The zero-order valence-electron chi connectivity index (χ0n) is 12.1. The molecule has 3 aromatic rings. The molecular weight excluding hydrogens is 317 g/mol. The minimum absolute atomic E-state index is 0.0813. The quantitative estimate of drug-likeness (QED) is 0.736. The maximum absolute atomic E-state index is 13.6. The molecule has 3 rings (SSSR count). The third-order valence-corrected chi connectivity index (χ3v) is 3.84. The number of benzene rings is 2. The van der Waals surface area contributed by atoms with Crippen molar-refractivity contribution in [3.8, 4) is 11.5 Å². The largest absolute Gasteiger partial charge is 0.403 e. The second kappa shape index (κ2) is 6.62. The molecular formula is C16H12FN3O2S. The summed E-state index contributed by atoms with van der Waals surface area (Å²) in [5, 5.41) is 10.0. The van der Waals surface area contributed by atoms with Crippen LogP contribution in [0.5, 0.6) is 0 Å². The van der Waals surface area contributed by atoms with E-state index >= 15 is 0 Å². The molecule has 0 unspecified atom stereocenters. The Labute approximate surface area is 135 Å². The van der Waals surface area contributed by atoms with Gasteiger partial charge in [0.2, 0.25) is 5.89 Å². The fourth-order valence-corrected chi connectivity index (χ4v) is 2.34. The summed E-state index contributed by atoms with van der Waals surface area (Å²) in [5.41, 5.74) is 0.651. The van der Waals surface area contributed by atoms with E-state index < -0.39 is 11.7 Å². The van der Waals surface area contributed by atoms with E-state index in [9.17, 15) is 9.18 Å². The van der Waals surface area contributed by atoms with Gasteiger partial charge in [0, 0.05) is 10.5 Å². The highest BCUT2D eigenvalue weighted by Gasteiger charge is 2.15. The predicted octanol–water partition coefficient (Wildman–Crippen LogP) is 3.85. The first kappa shape index (κ1) is 15.2. The van der Waals surface area contributed by atoms with Gasteiger partial charge in [-0.05, 0) is 42.7 Å². The number of nitrogens with zero attached hydrogens (tertiary/aromatic N) is 2. The maximum atomic E-state index is 13.6. The normalized spacial score (nSPS) is 10.5. The standard InChI is InChI=1S/C16H12FN3O2S/c1-23-11-8-6-10(7-9-11)15-19-20-16(22-15)18-14(21)12-4-2-3-5-13(12)17/h2-9H,1H3,(H,18,20,21). The molecule has 0 aliphatic rings. The first-order valence-electron chi connectivity index (χ1n) is 6.71. The van der Waals surface area contributed by atoms with Crippen molar-refractivity contribution < 1.29 is 13.6 Å². The molecule has 0 atom stereocenters. The van der Waals surface area contributed by atoms with E-state index in [0.717, 1.165) is 10.5 Å². The molecule has 0 aliphatic heterocycles. The van der Waals surface area contributed by atoms with Gasteiger partial charge in [-0.2, -0.15) is 0 Å². The molecule has 0 bridgehead atoms. The van der Waals surface area contributed by atoms with Gasteiger partial charge in [0.25, 0.3) is 5.91 Å². The van der Waals surface area contributed by atoms with Crippen LogP contribution >= 0.6 is 11.8 Å². The van der Waals surface area contributed by atoms with Crippen LogP contribution in [0, 0.1) is 5.82 Å². The Morgan fingerprint density at radius 3 is 2.57 bits per heavy atom. The van der Waals surface area contributed by atoms with Crippen molar-refractivity contribution in [2.75, 3.05) is 11.6 Å². The lowest BCUT2D eigenvalue weighted by atomic mass is 10.2. The molecule has 23 heavy (non-hydrogen) atoms. The van der Waals surface area contributed by atoms with Crippen molar-refractivity contribution in [1.29, 1.82) is 0 Å². The molecule has 7 heteroatoms. The Hall–Kier alpha value is -2.67. The van der Waals surface area contributed by atoms with Crippen molar-refractivity contribution in [1.82, 2.24) is 10.2 Å². The number of hydrogen-bond donors (Lipinski definition) is 1. The summed E-state index contributed by atoms with van der Waals surface area (Å²) in [7, 11) is 0. The number of carbonyl (C=O) groups excluding carboxylic acids is 1. The summed E-state index contributed by atoms with van der Waals surface area (Å²) in [6.45, 7) is 0. The zero-order valence-corrected chi connectivity index (χ0v) is 12.9. The molecule has 0 spiro atoms. The van der Waals surface area contributed by atoms with Gasteiger partial charge in [-0.25, -0.2) is 4.39 Å². The van der Waals surface area contributed by atoms with Crippen LogP contribution in [-0.4, -0.2) is 22.4 Å². The average Bonchev–Trinajstić information content (AvgIpc) is 3.03. The van der Waals surface area contributed by atoms with Gasteiger partial charge in [-0.1, -0.05) is 17.2 Å².